The molecule has 3 N–H and O–H groups in total. The van der Waals surface area contributed by atoms with E-state index >= 15 is 0 Å². The van der Waals surface area contributed by atoms with Crippen molar-refractivity contribution in [3.05, 3.63) is 59.4 Å². The van der Waals surface area contributed by atoms with Crippen molar-refractivity contribution in [2.45, 2.75) is 6.04 Å². The van der Waals surface area contributed by atoms with Gasteiger partial charge in [0.05, 0.1) is 19.3 Å². The lowest BCUT2D eigenvalue weighted by molar-refractivity contribution is 0.402. The molecule has 0 spiro atoms. The fraction of sp³-hybridized carbons (Fsp3) is 0.154. The highest BCUT2D eigenvalue weighted by molar-refractivity contribution is 5.41. The van der Waals surface area contributed by atoms with Crippen LogP contribution in [0.2, 0.25) is 0 Å². The van der Waals surface area contributed by atoms with Crippen molar-refractivity contribution in [2.24, 2.45) is 5.84 Å². The summed E-state index contributed by atoms with van der Waals surface area (Å²) < 4.78 is 31.7. The van der Waals surface area contributed by atoms with Gasteiger partial charge in [-0.25, -0.2) is 14.2 Å². The average Bonchev–Trinajstić information content (AvgIpc) is 2.40. The van der Waals surface area contributed by atoms with Crippen LogP contribution in [0.4, 0.5) is 8.78 Å². The molecule has 0 aliphatic carbocycles. The lowest BCUT2D eigenvalue weighted by Gasteiger charge is -2.19. The predicted molar refractivity (Wildman–Crippen MR) is 66.3 cm³/mol. The van der Waals surface area contributed by atoms with Crippen LogP contribution in [0.5, 0.6) is 5.75 Å². The number of ether oxygens (including phenoxy) is 1. The first-order valence-corrected chi connectivity index (χ1v) is 5.55. The smallest absolute Gasteiger partial charge is 0.141 e. The SMILES string of the molecule is COc1ccc(F)cc1C(NN)c1cncc(F)c1. The molecule has 0 bridgehead atoms. The summed E-state index contributed by atoms with van der Waals surface area (Å²) in [6.45, 7) is 0. The van der Waals surface area contributed by atoms with E-state index in [4.69, 9.17) is 10.6 Å². The second-order valence-electron chi connectivity index (χ2n) is 3.92. The van der Waals surface area contributed by atoms with Crippen molar-refractivity contribution in [1.29, 1.82) is 0 Å². The van der Waals surface area contributed by atoms with Crippen LogP contribution in [-0.2, 0) is 0 Å². The molecule has 6 heteroatoms. The second kappa shape index (κ2) is 5.73. The molecule has 2 rings (SSSR count). The third-order valence-electron chi connectivity index (χ3n) is 2.73. The van der Waals surface area contributed by atoms with Crippen molar-refractivity contribution in [2.75, 3.05) is 7.11 Å². The molecule has 1 aromatic heterocycles. The monoisotopic (exact) mass is 265 g/mol. The fourth-order valence-electron chi connectivity index (χ4n) is 1.88. The summed E-state index contributed by atoms with van der Waals surface area (Å²) in [6.07, 6.45) is 2.54. The van der Waals surface area contributed by atoms with E-state index < -0.39 is 17.7 Å². The lowest BCUT2D eigenvalue weighted by atomic mass is 9.99. The highest BCUT2D eigenvalue weighted by atomic mass is 19.1. The standard InChI is InChI=1S/C13H13F2N3O/c1-19-12-3-2-9(14)5-11(12)13(18-16)8-4-10(15)7-17-6-8/h2-7,13,18H,16H2,1H3. The number of aromatic nitrogens is 1. The number of nitrogens with one attached hydrogen (secondary N) is 1. The van der Waals surface area contributed by atoms with Crippen LogP contribution in [0.25, 0.3) is 0 Å². The number of hydrogen-bond acceptors (Lipinski definition) is 4. The molecule has 100 valence electrons. The minimum atomic E-state index is -0.617. The molecule has 1 atom stereocenters. The number of nitrogens with two attached hydrogens (primary N) is 1. The van der Waals surface area contributed by atoms with E-state index in [2.05, 4.69) is 10.4 Å². The van der Waals surface area contributed by atoms with E-state index in [0.717, 1.165) is 6.20 Å². The zero-order valence-corrected chi connectivity index (χ0v) is 10.2. The number of halogens is 2. The van der Waals surface area contributed by atoms with Gasteiger partial charge in [0.1, 0.15) is 17.4 Å². The van der Waals surface area contributed by atoms with Crippen LogP contribution in [0.3, 0.4) is 0 Å². The topological polar surface area (TPSA) is 60.2 Å². The Balaban J connectivity index is 2.50. The first-order chi connectivity index (χ1) is 9.15. The summed E-state index contributed by atoms with van der Waals surface area (Å²) in [5.41, 5.74) is 3.46. The van der Waals surface area contributed by atoms with Gasteiger partial charge in [-0.05, 0) is 29.8 Å². The Morgan fingerprint density at radius 2 is 2.00 bits per heavy atom. The van der Waals surface area contributed by atoms with Gasteiger partial charge >= 0.3 is 0 Å². The summed E-state index contributed by atoms with van der Waals surface area (Å²) in [5, 5.41) is 0. The summed E-state index contributed by atoms with van der Waals surface area (Å²) >= 11 is 0. The molecule has 0 aliphatic rings. The fourth-order valence-corrected chi connectivity index (χ4v) is 1.88. The van der Waals surface area contributed by atoms with E-state index in [1.807, 2.05) is 0 Å². The molecule has 1 heterocycles. The summed E-state index contributed by atoms with van der Waals surface area (Å²) in [6, 6.07) is 4.71. The predicted octanol–water partition coefficient (Wildman–Crippen LogP) is 1.92. The first kappa shape index (κ1) is 13.4. The quantitative estimate of drug-likeness (QED) is 0.655. The van der Waals surface area contributed by atoms with Crippen LogP contribution >= 0.6 is 0 Å². The van der Waals surface area contributed by atoms with Gasteiger partial charge in [-0.3, -0.25) is 10.8 Å². The Hall–Kier alpha value is -2.05. The zero-order valence-electron chi connectivity index (χ0n) is 10.2. The number of hydrogen-bond donors (Lipinski definition) is 2. The molecule has 4 nitrogen and oxygen atoms in total. The molecule has 1 unspecified atom stereocenters. The lowest BCUT2D eigenvalue weighted by Crippen LogP contribution is -2.29. The molecule has 19 heavy (non-hydrogen) atoms. The maximum atomic E-state index is 13.4. The van der Waals surface area contributed by atoms with E-state index in [0.29, 0.717) is 16.9 Å². The second-order valence-corrected chi connectivity index (χ2v) is 3.92. The molecule has 0 radical (unpaired) electrons. The molecular formula is C13H13F2N3O. The number of nitrogens with zero attached hydrogens (tertiary/aromatic N) is 1. The minimum Gasteiger partial charge on any atom is -0.496 e. The van der Waals surface area contributed by atoms with E-state index in [1.54, 1.807) is 0 Å². The Labute approximate surface area is 109 Å². The van der Waals surface area contributed by atoms with E-state index in [1.165, 1.54) is 37.6 Å². The van der Waals surface area contributed by atoms with Gasteiger partial charge in [-0.15, -0.1) is 0 Å². The number of hydrazine groups is 1. The number of methoxy groups -OCH3 is 1. The molecular weight excluding hydrogens is 252 g/mol. The average molecular weight is 265 g/mol. The molecule has 0 amide bonds. The number of rotatable bonds is 4. The van der Waals surface area contributed by atoms with Crippen LogP contribution in [0.1, 0.15) is 17.2 Å². The van der Waals surface area contributed by atoms with Gasteiger partial charge in [0.15, 0.2) is 0 Å². The van der Waals surface area contributed by atoms with Gasteiger partial charge in [-0.2, -0.15) is 0 Å². The molecule has 2 aromatic rings. The van der Waals surface area contributed by atoms with E-state index in [-0.39, 0.29) is 0 Å². The van der Waals surface area contributed by atoms with Crippen LogP contribution in [0.15, 0.2) is 36.7 Å². The van der Waals surface area contributed by atoms with Crippen LogP contribution in [-0.4, -0.2) is 12.1 Å². The third kappa shape index (κ3) is 2.86. The van der Waals surface area contributed by atoms with Crippen molar-refractivity contribution >= 4 is 0 Å². The van der Waals surface area contributed by atoms with Crippen molar-refractivity contribution in [3.63, 3.8) is 0 Å². The Morgan fingerprint density at radius 3 is 2.63 bits per heavy atom. The molecule has 0 aliphatic heterocycles. The van der Waals surface area contributed by atoms with Gasteiger partial charge < -0.3 is 4.74 Å². The number of pyridine rings is 1. The Morgan fingerprint density at radius 1 is 1.21 bits per heavy atom. The summed E-state index contributed by atoms with van der Waals surface area (Å²) in [7, 11) is 1.47. The van der Waals surface area contributed by atoms with Crippen molar-refractivity contribution in [3.8, 4) is 5.75 Å². The highest BCUT2D eigenvalue weighted by Crippen LogP contribution is 2.30. The van der Waals surface area contributed by atoms with Gasteiger partial charge in [0, 0.05) is 11.8 Å². The molecule has 0 saturated carbocycles. The van der Waals surface area contributed by atoms with Crippen LogP contribution < -0.4 is 16.0 Å². The Kier molecular flexibility index (Phi) is 4.03. The van der Waals surface area contributed by atoms with Gasteiger partial charge in [0.25, 0.3) is 0 Å². The van der Waals surface area contributed by atoms with Gasteiger partial charge in [-0.1, -0.05) is 0 Å². The third-order valence-corrected chi connectivity index (χ3v) is 2.73. The zero-order chi connectivity index (χ0) is 13.8. The van der Waals surface area contributed by atoms with Crippen molar-refractivity contribution in [1.82, 2.24) is 10.4 Å². The largest absolute Gasteiger partial charge is 0.496 e. The maximum Gasteiger partial charge on any atom is 0.141 e. The number of benzene rings is 1. The first-order valence-electron chi connectivity index (χ1n) is 5.55. The summed E-state index contributed by atoms with van der Waals surface area (Å²) in [5.74, 6) is 5.01. The molecule has 0 fully saturated rings. The molecule has 0 saturated heterocycles. The summed E-state index contributed by atoms with van der Waals surface area (Å²) in [4.78, 5) is 3.75. The minimum absolute atomic E-state index is 0.430. The maximum absolute atomic E-state index is 13.4. The van der Waals surface area contributed by atoms with E-state index in [9.17, 15) is 8.78 Å². The Bertz CT molecular complexity index is 578. The normalized spacial score (nSPS) is 12.2. The van der Waals surface area contributed by atoms with Crippen LogP contribution in [0, 0.1) is 11.6 Å². The molecule has 1 aromatic carbocycles. The highest BCUT2D eigenvalue weighted by Gasteiger charge is 2.18. The van der Waals surface area contributed by atoms with Gasteiger partial charge in [0.2, 0.25) is 0 Å². The van der Waals surface area contributed by atoms with Crippen molar-refractivity contribution < 1.29 is 13.5 Å².